The van der Waals surface area contributed by atoms with E-state index in [0.717, 1.165) is 17.7 Å². The zero-order chi connectivity index (χ0) is 13.4. The molecule has 1 unspecified atom stereocenters. The third kappa shape index (κ3) is 4.63. The summed E-state index contributed by atoms with van der Waals surface area (Å²) in [5.74, 6) is 2.45. The molecule has 1 rings (SSSR count). The van der Waals surface area contributed by atoms with Crippen molar-refractivity contribution in [1.82, 2.24) is 0 Å². The van der Waals surface area contributed by atoms with Crippen LogP contribution in [0.1, 0.15) is 23.5 Å². The summed E-state index contributed by atoms with van der Waals surface area (Å²) in [6, 6.07) is 5.44. The average molecular weight is 288 g/mol. The molecule has 1 atom stereocenters. The van der Waals surface area contributed by atoms with Gasteiger partial charge < -0.3 is 14.9 Å². The van der Waals surface area contributed by atoms with Gasteiger partial charge >= 0.3 is 0 Å². The lowest BCUT2D eigenvalue weighted by atomic mass is 10.2. The normalized spacial score (nSPS) is 12.4. The largest absolute Gasteiger partial charge is 0.504 e. The molecule has 18 heavy (non-hydrogen) atoms. The van der Waals surface area contributed by atoms with E-state index in [0.29, 0.717) is 11.5 Å². The van der Waals surface area contributed by atoms with E-state index in [-0.39, 0.29) is 16.9 Å². The van der Waals surface area contributed by atoms with Gasteiger partial charge in [0.25, 0.3) is 0 Å². The van der Waals surface area contributed by atoms with Crippen LogP contribution in [0, 0.1) is 0 Å². The Balaban J connectivity index is 2.82. The van der Waals surface area contributed by atoms with Crippen molar-refractivity contribution in [1.29, 1.82) is 0 Å². The molecule has 0 fully saturated rings. The highest BCUT2D eigenvalue weighted by Crippen LogP contribution is 2.42. The quantitative estimate of drug-likeness (QED) is 0.719. The van der Waals surface area contributed by atoms with Gasteiger partial charge in [-0.25, -0.2) is 0 Å². The molecule has 0 bridgehead atoms. The van der Waals surface area contributed by atoms with Crippen LogP contribution in [0.15, 0.2) is 18.2 Å². The van der Waals surface area contributed by atoms with Crippen molar-refractivity contribution in [3.8, 4) is 11.5 Å². The van der Waals surface area contributed by atoms with Gasteiger partial charge in [0.2, 0.25) is 0 Å². The highest BCUT2D eigenvalue weighted by atomic mass is 32.2. The summed E-state index contributed by atoms with van der Waals surface area (Å²) in [5, 5.41) is 18.5. The molecule has 2 N–H and O–H groups in total. The van der Waals surface area contributed by atoms with Crippen LogP contribution in [0.5, 0.6) is 11.5 Å². The second-order valence-electron chi connectivity index (χ2n) is 3.73. The molecule has 0 radical (unpaired) electrons. The maximum Gasteiger partial charge on any atom is 0.160 e. The summed E-state index contributed by atoms with van der Waals surface area (Å²) < 4.78 is 5.40. The Hall–Kier alpha value is -0.520. The summed E-state index contributed by atoms with van der Waals surface area (Å²) in [6.45, 7) is 2.33. The van der Waals surface area contributed by atoms with Gasteiger partial charge in [0.15, 0.2) is 11.5 Å². The Bertz CT molecular complexity index is 350. The number of aliphatic hydroxyl groups is 1. The van der Waals surface area contributed by atoms with E-state index in [4.69, 9.17) is 9.84 Å². The molecule has 0 aliphatic rings. The van der Waals surface area contributed by atoms with Crippen molar-refractivity contribution in [2.45, 2.75) is 17.9 Å². The van der Waals surface area contributed by atoms with Crippen molar-refractivity contribution in [2.75, 3.05) is 25.2 Å². The number of phenolic OH excluding ortho intramolecular Hbond substituents is 1. The molecule has 0 spiro atoms. The van der Waals surface area contributed by atoms with Gasteiger partial charge in [0.05, 0.1) is 18.3 Å². The molecule has 3 nitrogen and oxygen atoms in total. The van der Waals surface area contributed by atoms with Gasteiger partial charge in [-0.3, -0.25) is 0 Å². The molecule has 1 aromatic rings. The molecule has 0 amide bonds. The standard InChI is InChI=1S/C13H20O3S2/c1-3-7-17-13(18-8-6-14)10-4-5-11(15)12(9-10)16-2/h4-5,9,13-15H,3,6-8H2,1-2H3. The molecule has 0 saturated carbocycles. The van der Waals surface area contributed by atoms with Crippen LogP contribution >= 0.6 is 23.5 Å². The van der Waals surface area contributed by atoms with Crippen LogP contribution in [0.4, 0.5) is 0 Å². The van der Waals surface area contributed by atoms with E-state index in [2.05, 4.69) is 6.92 Å². The minimum Gasteiger partial charge on any atom is -0.504 e. The lowest BCUT2D eigenvalue weighted by Crippen LogP contribution is -1.96. The van der Waals surface area contributed by atoms with Crippen molar-refractivity contribution in [3.05, 3.63) is 23.8 Å². The number of rotatable bonds is 8. The summed E-state index contributed by atoms with van der Waals surface area (Å²) >= 11 is 3.57. The van der Waals surface area contributed by atoms with Crippen molar-refractivity contribution in [2.24, 2.45) is 0 Å². The van der Waals surface area contributed by atoms with Crippen LogP contribution in [0.3, 0.4) is 0 Å². The number of hydrogen-bond acceptors (Lipinski definition) is 5. The molecule has 0 saturated heterocycles. The second-order valence-corrected chi connectivity index (χ2v) is 6.45. The van der Waals surface area contributed by atoms with Gasteiger partial charge in [-0.1, -0.05) is 13.0 Å². The lowest BCUT2D eigenvalue weighted by molar-refractivity contribution is 0.322. The van der Waals surface area contributed by atoms with Crippen LogP contribution in [0.25, 0.3) is 0 Å². The molecule has 0 aromatic heterocycles. The average Bonchev–Trinajstić information content (AvgIpc) is 2.40. The van der Waals surface area contributed by atoms with Gasteiger partial charge in [-0.15, -0.1) is 23.5 Å². The first-order valence-corrected chi connectivity index (χ1v) is 8.03. The molecule has 5 heteroatoms. The molecule has 1 aromatic carbocycles. The minimum atomic E-state index is 0.160. The van der Waals surface area contributed by atoms with E-state index in [1.807, 2.05) is 23.9 Å². The number of hydrogen-bond donors (Lipinski definition) is 2. The van der Waals surface area contributed by atoms with Crippen LogP contribution < -0.4 is 4.74 Å². The van der Waals surface area contributed by atoms with Gasteiger partial charge in [0, 0.05) is 5.75 Å². The Morgan fingerprint density at radius 3 is 2.61 bits per heavy atom. The summed E-state index contributed by atoms with van der Waals surface area (Å²) in [6.07, 6.45) is 1.12. The SMILES string of the molecule is CCCSC(SCCO)c1ccc(O)c(OC)c1. The second kappa shape index (κ2) is 8.56. The molecule has 0 heterocycles. The van der Waals surface area contributed by atoms with Gasteiger partial charge in [-0.05, 0) is 29.9 Å². The number of aliphatic hydroxyl groups excluding tert-OH is 1. The number of phenols is 1. The highest BCUT2D eigenvalue weighted by molar-refractivity contribution is 8.16. The summed E-state index contributed by atoms with van der Waals surface area (Å²) in [4.78, 5) is 0. The highest BCUT2D eigenvalue weighted by Gasteiger charge is 2.14. The topological polar surface area (TPSA) is 49.7 Å². The summed E-state index contributed by atoms with van der Waals surface area (Å²) in [5.41, 5.74) is 1.11. The van der Waals surface area contributed by atoms with Crippen molar-refractivity contribution >= 4 is 23.5 Å². The molecule has 0 aliphatic heterocycles. The molecular formula is C13H20O3S2. The maximum atomic E-state index is 9.59. The maximum absolute atomic E-state index is 9.59. The number of methoxy groups -OCH3 is 1. The number of aromatic hydroxyl groups is 1. The number of thioether (sulfide) groups is 2. The fraction of sp³-hybridized carbons (Fsp3) is 0.538. The van der Waals surface area contributed by atoms with E-state index in [1.54, 1.807) is 24.9 Å². The predicted octanol–water partition coefficient (Wildman–Crippen LogP) is 3.27. The Labute approximate surface area is 117 Å². The van der Waals surface area contributed by atoms with Gasteiger partial charge in [-0.2, -0.15) is 0 Å². The summed E-state index contributed by atoms with van der Waals surface area (Å²) in [7, 11) is 1.55. The third-order valence-corrected chi connectivity index (χ3v) is 5.34. The Morgan fingerprint density at radius 2 is 2.00 bits per heavy atom. The first-order valence-electron chi connectivity index (χ1n) is 5.93. The zero-order valence-corrected chi connectivity index (χ0v) is 12.4. The van der Waals surface area contributed by atoms with Crippen LogP contribution in [-0.4, -0.2) is 35.4 Å². The fourth-order valence-corrected chi connectivity index (χ4v) is 3.88. The monoisotopic (exact) mass is 288 g/mol. The number of ether oxygens (including phenoxy) is 1. The van der Waals surface area contributed by atoms with Gasteiger partial charge in [0.1, 0.15) is 0 Å². The van der Waals surface area contributed by atoms with E-state index >= 15 is 0 Å². The van der Waals surface area contributed by atoms with E-state index in [9.17, 15) is 5.11 Å². The Morgan fingerprint density at radius 1 is 1.28 bits per heavy atom. The van der Waals surface area contributed by atoms with Crippen molar-refractivity contribution in [3.63, 3.8) is 0 Å². The first-order chi connectivity index (χ1) is 8.72. The smallest absolute Gasteiger partial charge is 0.160 e. The Kier molecular flexibility index (Phi) is 7.39. The molecular weight excluding hydrogens is 268 g/mol. The van der Waals surface area contributed by atoms with E-state index < -0.39 is 0 Å². The molecule has 0 aliphatic carbocycles. The fourth-order valence-electron chi connectivity index (χ4n) is 1.47. The lowest BCUT2D eigenvalue weighted by Gasteiger charge is -2.17. The third-order valence-electron chi connectivity index (χ3n) is 2.31. The zero-order valence-electron chi connectivity index (χ0n) is 10.8. The van der Waals surface area contributed by atoms with Crippen LogP contribution in [-0.2, 0) is 0 Å². The predicted molar refractivity (Wildman–Crippen MR) is 79.7 cm³/mol. The van der Waals surface area contributed by atoms with E-state index in [1.165, 1.54) is 0 Å². The van der Waals surface area contributed by atoms with Crippen LogP contribution in [0.2, 0.25) is 0 Å². The number of benzene rings is 1. The molecule has 102 valence electrons. The minimum absolute atomic E-state index is 0.160. The first kappa shape index (κ1) is 15.5. The van der Waals surface area contributed by atoms with Crippen molar-refractivity contribution < 1.29 is 14.9 Å².